The van der Waals surface area contributed by atoms with Crippen LogP contribution in [0.15, 0.2) is 72.9 Å². The lowest BCUT2D eigenvalue weighted by atomic mass is 9.58. The fraction of sp³-hybridized carbons (Fsp3) is 0.276. The molecule has 3 aromatic heterocycles. The van der Waals surface area contributed by atoms with E-state index in [0.717, 1.165) is 50.3 Å². The molecule has 0 aliphatic heterocycles. The number of fused-ring (bicyclic) bond motifs is 3. The van der Waals surface area contributed by atoms with E-state index in [1.807, 2.05) is 55.7 Å². The molecule has 0 bridgehead atoms. The van der Waals surface area contributed by atoms with Crippen molar-refractivity contribution in [1.29, 1.82) is 0 Å². The second kappa shape index (κ2) is 7.70. The molecule has 1 aliphatic carbocycles. The fourth-order valence-electron chi connectivity index (χ4n) is 5.32. The van der Waals surface area contributed by atoms with Crippen LogP contribution in [0, 0.1) is 12.8 Å². The lowest BCUT2D eigenvalue weighted by molar-refractivity contribution is -0.122. The van der Waals surface area contributed by atoms with Gasteiger partial charge in [0, 0.05) is 34.3 Å². The highest BCUT2D eigenvalue weighted by Gasteiger charge is 2.53. The van der Waals surface area contributed by atoms with E-state index in [0.29, 0.717) is 12.8 Å². The van der Waals surface area contributed by atoms with Crippen molar-refractivity contribution in [3.05, 3.63) is 84.2 Å². The Morgan fingerprint density at radius 1 is 0.971 bits per heavy atom. The number of rotatable bonds is 4. The number of nitrogens with zero attached hydrogens (tertiary/aromatic N) is 4. The average Bonchev–Trinajstić information content (AvgIpc) is 3.23. The van der Waals surface area contributed by atoms with Crippen molar-refractivity contribution < 1.29 is 5.11 Å². The Morgan fingerprint density at radius 2 is 1.69 bits per heavy atom. The van der Waals surface area contributed by atoms with Gasteiger partial charge in [0.1, 0.15) is 0 Å². The Balaban J connectivity index is 1.48. The Kier molecular flexibility index (Phi) is 4.82. The maximum absolute atomic E-state index is 10.8. The zero-order chi connectivity index (χ0) is 24.4. The molecule has 0 saturated heterocycles. The van der Waals surface area contributed by atoms with Crippen molar-refractivity contribution in [3.8, 4) is 22.4 Å². The molecular weight excluding hydrogens is 434 g/mol. The molecule has 0 radical (unpaired) electrons. The predicted octanol–water partition coefficient (Wildman–Crippen LogP) is 5.25. The number of nitrogens with two attached hydrogens (primary N) is 1. The van der Waals surface area contributed by atoms with Crippen LogP contribution in [0.25, 0.3) is 39.1 Å². The minimum atomic E-state index is -0.685. The summed E-state index contributed by atoms with van der Waals surface area (Å²) >= 11 is 0. The molecule has 0 atom stereocenters. The van der Waals surface area contributed by atoms with Gasteiger partial charge >= 0.3 is 0 Å². The number of aliphatic hydroxyl groups is 1. The van der Waals surface area contributed by atoms with Crippen molar-refractivity contribution in [2.75, 3.05) is 0 Å². The summed E-state index contributed by atoms with van der Waals surface area (Å²) in [6.07, 6.45) is 3.01. The van der Waals surface area contributed by atoms with Gasteiger partial charge < -0.3 is 10.8 Å². The van der Waals surface area contributed by atoms with Crippen LogP contribution < -0.4 is 5.73 Å². The molecule has 6 rings (SSSR count). The van der Waals surface area contributed by atoms with Crippen LogP contribution >= 0.6 is 0 Å². The lowest BCUT2D eigenvalue weighted by Crippen LogP contribution is -2.62. The van der Waals surface area contributed by atoms with Gasteiger partial charge in [0.15, 0.2) is 11.3 Å². The Bertz CT molecular complexity index is 1550. The Hall–Kier alpha value is -3.61. The highest BCUT2D eigenvalue weighted by molar-refractivity contribution is 5.90. The Labute approximate surface area is 204 Å². The summed E-state index contributed by atoms with van der Waals surface area (Å²) in [5, 5.41) is 16.3. The maximum Gasteiger partial charge on any atom is 0.165 e. The minimum absolute atomic E-state index is 0.186. The minimum Gasteiger partial charge on any atom is -0.389 e. The van der Waals surface area contributed by atoms with Gasteiger partial charge in [-0.1, -0.05) is 68.4 Å². The van der Waals surface area contributed by atoms with Gasteiger partial charge in [0.2, 0.25) is 0 Å². The number of aryl methyl sites for hydroxylation is 1. The Morgan fingerprint density at radius 3 is 2.37 bits per heavy atom. The summed E-state index contributed by atoms with van der Waals surface area (Å²) in [5.41, 5.74) is 13.0. The molecule has 0 unspecified atom stereocenters. The van der Waals surface area contributed by atoms with E-state index in [1.54, 1.807) is 0 Å². The summed E-state index contributed by atoms with van der Waals surface area (Å²) in [5.74, 6) is 0.186. The van der Waals surface area contributed by atoms with E-state index in [4.69, 9.17) is 10.7 Å². The molecule has 3 N–H and O–H groups in total. The first-order valence-corrected chi connectivity index (χ1v) is 12.1. The molecule has 2 aromatic carbocycles. The van der Waals surface area contributed by atoms with E-state index < -0.39 is 11.1 Å². The van der Waals surface area contributed by atoms with Crippen molar-refractivity contribution in [2.45, 2.75) is 44.8 Å². The van der Waals surface area contributed by atoms with E-state index >= 15 is 0 Å². The first kappa shape index (κ1) is 21.9. The number of benzene rings is 2. The molecule has 176 valence electrons. The monoisotopic (exact) mass is 463 g/mol. The highest BCUT2D eigenvalue weighted by Crippen LogP contribution is 2.50. The van der Waals surface area contributed by atoms with Crippen LogP contribution in [-0.4, -0.2) is 30.3 Å². The fourth-order valence-corrected chi connectivity index (χ4v) is 5.32. The number of hydrogen-bond acceptors (Lipinski definition) is 5. The van der Waals surface area contributed by atoms with Gasteiger partial charge in [-0.25, -0.2) is 9.97 Å². The molecule has 6 nitrogen and oxygen atoms in total. The summed E-state index contributed by atoms with van der Waals surface area (Å²) in [6.45, 7) is 6.06. The molecule has 0 spiro atoms. The van der Waals surface area contributed by atoms with Crippen LogP contribution in [0.1, 0.15) is 37.9 Å². The highest BCUT2D eigenvalue weighted by atomic mass is 16.3. The topological polar surface area (TPSA) is 89.3 Å². The molecule has 5 aromatic rings. The van der Waals surface area contributed by atoms with Crippen molar-refractivity contribution >= 4 is 16.7 Å². The quantitative estimate of drug-likeness (QED) is 0.380. The second-order valence-electron chi connectivity index (χ2n) is 10.3. The van der Waals surface area contributed by atoms with Crippen LogP contribution in [0.2, 0.25) is 0 Å². The van der Waals surface area contributed by atoms with Gasteiger partial charge in [-0.3, -0.25) is 0 Å². The van der Waals surface area contributed by atoms with E-state index in [1.165, 1.54) is 0 Å². The SMILES string of the molecule is Cc1cc2ncc3cc(-c4ccccc4)c(-c4ccc(C5(N)CC(O)(C(C)C)C5)cc4)nc3n2n1. The van der Waals surface area contributed by atoms with Crippen molar-refractivity contribution in [1.82, 2.24) is 19.6 Å². The normalized spacial score (nSPS) is 22.1. The van der Waals surface area contributed by atoms with Gasteiger partial charge in [0.25, 0.3) is 0 Å². The summed E-state index contributed by atoms with van der Waals surface area (Å²) in [4.78, 5) is 9.70. The number of hydrogen-bond donors (Lipinski definition) is 2. The third kappa shape index (κ3) is 3.52. The third-order valence-corrected chi connectivity index (χ3v) is 7.52. The van der Waals surface area contributed by atoms with E-state index in [-0.39, 0.29) is 5.92 Å². The molecule has 1 aliphatic rings. The van der Waals surface area contributed by atoms with Crippen LogP contribution in [0.5, 0.6) is 0 Å². The third-order valence-electron chi connectivity index (χ3n) is 7.52. The van der Waals surface area contributed by atoms with Crippen molar-refractivity contribution in [3.63, 3.8) is 0 Å². The zero-order valence-corrected chi connectivity index (χ0v) is 20.2. The zero-order valence-electron chi connectivity index (χ0n) is 20.2. The molecule has 1 saturated carbocycles. The van der Waals surface area contributed by atoms with Gasteiger partial charge in [0.05, 0.1) is 17.0 Å². The second-order valence-corrected chi connectivity index (χ2v) is 10.3. The molecule has 6 heteroatoms. The van der Waals surface area contributed by atoms with Crippen LogP contribution in [-0.2, 0) is 5.54 Å². The number of aromatic nitrogens is 4. The van der Waals surface area contributed by atoms with Gasteiger partial charge in [-0.15, -0.1) is 0 Å². The largest absolute Gasteiger partial charge is 0.389 e. The van der Waals surface area contributed by atoms with Crippen LogP contribution in [0.4, 0.5) is 0 Å². The first-order chi connectivity index (χ1) is 16.8. The van der Waals surface area contributed by atoms with Gasteiger partial charge in [-0.2, -0.15) is 9.61 Å². The standard InChI is InChI=1S/C29H29N5O/c1-18(2)29(35)16-28(30,17-29)23-11-9-21(10-12-23)26-24(20-7-5-4-6-8-20)14-22-15-31-25-13-19(3)33-34(25)27(22)32-26/h4-15,18,35H,16-17,30H2,1-3H3. The molecule has 0 amide bonds. The first-order valence-electron chi connectivity index (χ1n) is 12.1. The average molecular weight is 464 g/mol. The number of pyridine rings is 1. The van der Waals surface area contributed by atoms with Gasteiger partial charge in [-0.05, 0) is 42.9 Å². The van der Waals surface area contributed by atoms with E-state index in [9.17, 15) is 5.11 Å². The molecular formula is C29H29N5O. The summed E-state index contributed by atoms with van der Waals surface area (Å²) in [6, 6.07) is 22.7. The predicted molar refractivity (Wildman–Crippen MR) is 139 cm³/mol. The molecule has 35 heavy (non-hydrogen) atoms. The van der Waals surface area contributed by atoms with E-state index in [2.05, 4.69) is 52.5 Å². The maximum atomic E-state index is 10.8. The summed E-state index contributed by atoms with van der Waals surface area (Å²) in [7, 11) is 0. The smallest absolute Gasteiger partial charge is 0.165 e. The van der Waals surface area contributed by atoms with Crippen LogP contribution in [0.3, 0.4) is 0 Å². The molecule has 1 fully saturated rings. The molecule has 3 heterocycles. The van der Waals surface area contributed by atoms with Crippen molar-refractivity contribution in [2.24, 2.45) is 11.7 Å². The lowest BCUT2D eigenvalue weighted by Gasteiger charge is -2.53. The summed E-state index contributed by atoms with van der Waals surface area (Å²) < 4.78 is 1.81.